The van der Waals surface area contributed by atoms with Crippen molar-refractivity contribution in [2.24, 2.45) is 17.8 Å². The maximum atomic E-state index is 12.1. The average molecular weight is 353 g/mol. The first-order valence-electron chi connectivity index (χ1n) is 9.72. The smallest absolute Gasteiger partial charge is 0.335 e. The molecule has 1 amide bonds. The molecule has 3 rings (SSSR count). The Bertz CT molecular complexity index is 476. The minimum Gasteiger partial charge on any atom is -0.454 e. The molecule has 0 aromatic heterocycles. The largest absolute Gasteiger partial charge is 0.454 e. The van der Waals surface area contributed by atoms with Crippen LogP contribution in [0.25, 0.3) is 0 Å². The van der Waals surface area contributed by atoms with E-state index in [9.17, 15) is 9.59 Å². The van der Waals surface area contributed by atoms with Crippen molar-refractivity contribution in [2.75, 3.05) is 19.8 Å². The highest BCUT2D eigenvalue weighted by Gasteiger charge is 2.42. The number of esters is 1. The second-order valence-electron chi connectivity index (χ2n) is 7.91. The highest BCUT2D eigenvalue weighted by Crippen LogP contribution is 2.49. The first-order chi connectivity index (χ1) is 12.0. The van der Waals surface area contributed by atoms with E-state index in [4.69, 9.17) is 14.2 Å². The zero-order chi connectivity index (χ0) is 17.8. The predicted molar refractivity (Wildman–Crippen MR) is 91.9 cm³/mol. The number of amides is 1. The van der Waals surface area contributed by atoms with Gasteiger partial charge in [0.25, 0.3) is 5.91 Å². The van der Waals surface area contributed by atoms with E-state index in [2.05, 4.69) is 12.2 Å². The fraction of sp³-hybridized carbons (Fsp3) is 0.895. The number of nitrogens with one attached hydrogen (secondary N) is 1. The van der Waals surface area contributed by atoms with Crippen LogP contribution >= 0.6 is 0 Å². The van der Waals surface area contributed by atoms with Crippen LogP contribution in [0.3, 0.4) is 0 Å². The number of hydrogen-bond acceptors (Lipinski definition) is 5. The minimum absolute atomic E-state index is 0.0705. The van der Waals surface area contributed by atoms with Crippen LogP contribution in [-0.2, 0) is 23.8 Å². The minimum atomic E-state index is -0.681. The molecule has 1 heterocycles. The van der Waals surface area contributed by atoms with Crippen molar-refractivity contribution in [3.8, 4) is 0 Å². The van der Waals surface area contributed by atoms with Crippen LogP contribution in [0.1, 0.15) is 52.4 Å². The second-order valence-corrected chi connectivity index (χ2v) is 7.91. The van der Waals surface area contributed by atoms with Crippen molar-refractivity contribution in [1.82, 2.24) is 5.32 Å². The van der Waals surface area contributed by atoms with Gasteiger partial charge in [-0.15, -0.1) is 0 Å². The van der Waals surface area contributed by atoms with Crippen LogP contribution in [0.5, 0.6) is 0 Å². The molecule has 6 unspecified atom stereocenters. The van der Waals surface area contributed by atoms with E-state index in [1.165, 1.54) is 25.7 Å². The molecular formula is C19H31NO5. The summed E-state index contributed by atoms with van der Waals surface area (Å²) in [4.78, 5) is 24.0. The first kappa shape index (κ1) is 18.6. The van der Waals surface area contributed by atoms with Crippen molar-refractivity contribution >= 4 is 11.9 Å². The molecule has 142 valence electrons. The van der Waals surface area contributed by atoms with E-state index < -0.39 is 12.1 Å². The van der Waals surface area contributed by atoms with Gasteiger partial charge >= 0.3 is 5.97 Å². The summed E-state index contributed by atoms with van der Waals surface area (Å²) in [6.45, 7) is 4.63. The van der Waals surface area contributed by atoms with Gasteiger partial charge in [0, 0.05) is 12.6 Å². The third kappa shape index (κ3) is 4.94. The number of carbonyl (C=O) groups excluding carboxylic acids is 2. The van der Waals surface area contributed by atoms with Crippen molar-refractivity contribution in [1.29, 1.82) is 0 Å². The zero-order valence-electron chi connectivity index (χ0n) is 15.4. The normalized spacial score (nSPS) is 33.2. The Morgan fingerprint density at radius 3 is 2.68 bits per heavy atom. The van der Waals surface area contributed by atoms with Gasteiger partial charge in [-0.25, -0.2) is 4.79 Å². The van der Waals surface area contributed by atoms with Gasteiger partial charge in [-0.2, -0.15) is 0 Å². The van der Waals surface area contributed by atoms with Crippen LogP contribution in [0, 0.1) is 17.8 Å². The fourth-order valence-electron chi connectivity index (χ4n) is 4.66. The van der Waals surface area contributed by atoms with Crippen molar-refractivity contribution in [3.63, 3.8) is 0 Å². The highest BCUT2D eigenvalue weighted by atomic mass is 16.6. The molecule has 0 spiro atoms. The Hall–Kier alpha value is -1.14. The first-order valence-corrected chi connectivity index (χ1v) is 9.72. The Kier molecular flexibility index (Phi) is 6.34. The summed E-state index contributed by atoms with van der Waals surface area (Å²) < 4.78 is 16.0. The molecule has 1 N–H and O–H groups in total. The molecule has 6 nitrogen and oxygen atoms in total. The van der Waals surface area contributed by atoms with Crippen LogP contribution in [-0.4, -0.2) is 49.9 Å². The quantitative estimate of drug-likeness (QED) is 0.676. The van der Waals surface area contributed by atoms with E-state index in [1.807, 2.05) is 0 Å². The monoisotopic (exact) mass is 353 g/mol. The molecule has 3 aliphatic rings. The number of hydrogen-bond donors (Lipinski definition) is 1. The van der Waals surface area contributed by atoms with Crippen LogP contribution in [0.4, 0.5) is 0 Å². The molecule has 0 aromatic carbocycles. The van der Waals surface area contributed by atoms with E-state index >= 15 is 0 Å². The summed E-state index contributed by atoms with van der Waals surface area (Å²) in [6.07, 6.45) is 6.58. The number of carbonyl (C=O) groups is 2. The molecule has 3 fully saturated rings. The Balaban J connectivity index is 1.31. The SMILES string of the molecule is CC(OCC1CCCO1)C(=O)OCC(=O)NC(C)C1CC2CCC1C2. The van der Waals surface area contributed by atoms with Crippen molar-refractivity contribution in [3.05, 3.63) is 0 Å². The summed E-state index contributed by atoms with van der Waals surface area (Å²) >= 11 is 0. The lowest BCUT2D eigenvalue weighted by Gasteiger charge is -2.28. The average Bonchev–Trinajstić information content (AvgIpc) is 3.34. The van der Waals surface area contributed by atoms with Gasteiger partial charge in [0.2, 0.25) is 0 Å². The fourth-order valence-corrected chi connectivity index (χ4v) is 4.66. The lowest BCUT2D eigenvalue weighted by Crippen LogP contribution is -2.42. The van der Waals surface area contributed by atoms with Crippen LogP contribution in [0.2, 0.25) is 0 Å². The van der Waals surface area contributed by atoms with Crippen LogP contribution < -0.4 is 5.32 Å². The van der Waals surface area contributed by atoms with Gasteiger partial charge in [-0.3, -0.25) is 4.79 Å². The number of ether oxygens (including phenoxy) is 3. The van der Waals surface area contributed by atoms with Gasteiger partial charge in [0.05, 0.1) is 12.7 Å². The van der Waals surface area contributed by atoms with E-state index in [0.29, 0.717) is 12.5 Å². The predicted octanol–water partition coefficient (Wildman–Crippen LogP) is 2.05. The highest BCUT2D eigenvalue weighted by molar-refractivity contribution is 5.82. The molecule has 2 bridgehead atoms. The zero-order valence-corrected chi connectivity index (χ0v) is 15.4. The third-order valence-corrected chi connectivity index (χ3v) is 6.06. The van der Waals surface area contributed by atoms with Crippen molar-refractivity contribution < 1.29 is 23.8 Å². The maximum Gasteiger partial charge on any atom is 0.335 e. The van der Waals surface area contributed by atoms with Gasteiger partial charge in [0.15, 0.2) is 12.7 Å². The molecule has 6 heteroatoms. The molecule has 6 atom stereocenters. The third-order valence-electron chi connectivity index (χ3n) is 6.06. The molecule has 1 aliphatic heterocycles. The molecule has 0 radical (unpaired) electrons. The van der Waals surface area contributed by atoms with Gasteiger partial charge in [-0.1, -0.05) is 6.42 Å². The topological polar surface area (TPSA) is 73.9 Å². The summed E-state index contributed by atoms with van der Waals surface area (Å²) in [5.41, 5.74) is 0. The lowest BCUT2D eigenvalue weighted by atomic mass is 9.84. The Labute approximate surface area is 150 Å². The molecule has 1 saturated heterocycles. The summed E-state index contributed by atoms with van der Waals surface area (Å²) in [7, 11) is 0. The number of fused-ring (bicyclic) bond motifs is 2. The van der Waals surface area contributed by atoms with E-state index in [-0.39, 0.29) is 24.7 Å². The standard InChI is InChI=1S/C19H31NO5/c1-12(17-9-14-5-6-15(17)8-14)20-18(21)11-25-19(22)13(2)24-10-16-4-3-7-23-16/h12-17H,3-11H2,1-2H3,(H,20,21). The van der Waals surface area contributed by atoms with E-state index in [1.54, 1.807) is 6.92 Å². The molecule has 2 aliphatic carbocycles. The van der Waals surface area contributed by atoms with Gasteiger partial charge in [-0.05, 0) is 63.7 Å². The van der Waals surface area contributed by atoms with E-state index in [0.717, 1.165) is 31.3 Å². The Morgan fingerprint density at radius 1 is 1.20 bits per heavy atom. The second kappa shape index (κ2) is 8.49. The summed E-state index contributed by atoms with van der Waals surface area (Å²) in [5.74, 6) is 1.46. The number of rotatable bonds is 8. The summed E-state index contributed by atoms with van der Waals surface area (Å²) in [6, 6.07) is 0.148. The molecular weight excluding hydrogens is 322 g/mol. The molecule has 2 saturated carbocycles. The van der Waals surface area contributed by atoms with Crippen LogP contribution in [0.15, 0.2) is 0 Å². The molecule has 0 aromatic rings. The van der Waals surface area contributed by atoms with Crippen molar-refractivity contribution in [2.45, 2.75) is 70.6 Å². The van der Waals surface area contributed by atoms with Gasteiger partial charge in [0.1, 0.15) is 0 Å². The summed E-state index contributed by atoms with van der Waals surface area (Å²) in [5, 5.41) is 3.00. The lowest BCUT2D eigenvalue weighted by molar-refractivity contribution is -0.160. The Morgan fingerprint density at radius 2 is 2.04 bits per heavy atom. The van der Waals surface area contributed by atoms with Gasteiger partial charge < -0.3 is 19.5 Å². The maximum absolute atomic E-state index is 12.1. The molecule has 25 heavy (non-hydrogen) atoms.